The maximum atomic E-state index is 12.1. The molecule has 3 rings (SSSR count). The predicted octanol–water partition coefficient (Wildman–Crippen LogP) is 3.57. The zero-order valence-electron chi connectivity index (χ0n) is 14.8. The highest BCUT2D eigenvalue weighted by molar-refractivity contribution is 7.08. The highest BCUT2D eigenvalue weighted by atomic mass is 32.1. The van der Waals surface area contributed by atoms with Gasteiger partial charge in [0.2, 0.25) is 5.91 Å². The second-order valence-corrected chi connectivity index (χ2v) is 6.65. The molecule has 2 N–H and O–H groups in total. The fourth-order valence-corrected chi connectivity index (χ4v) is 3.06. The fourth-order valence-electron chi connectivity index (χ4n) is 2.42. The van der Waals surface area contributed by atoms with E-state index in [1.807, 2.05) is 6.07 Å². The Morgan fingerprint density at radius 1 is 1.11 bits per heavy atom. The van der Waals surface area contributed by atoms with Crippen LogP contribution in [0.25, 0.3) is 0 Å². The lowest BCUT2D eigenvalue weighted by Gasteiger charge is -2.10. The minimum absolute atomic E-state index is 0.124. The average Bonchev–Trinajstić information content (AvgIpc) is 3.26. The Bertz CT molecular complexity index is 1010. The van der Waals surface area contributed by atoms with Crippen molar-refractivity contribution in [1.29, 1.82) is 5.26 Å². The molecule has 0 saturated heterocycles. The molecule has 0 saturated carbocycles. The SMILES string of the molecule is N#Cc1cccc(COc2cccc(NC(=O)CNC(=O)c3ccsc3)c2)c1. The van der Waals surface area contributed by atoms with Crippen LogP contribution >= 0.6 is 11.3 Å². The molecule has 0 bridgehead atoms. The number of carbonyl (C=O) groups is 2. The van der Waals surface area contributed by atoms with Gasteiger partial charge >= 0.3 is 0 Å². The van der Waals surface area contributed by atoms with E-state index in [1.54, 1.807) is 59.3 Å². The highest BCUT2D eigenvalue weighted by Gasteiger charge is 2.09. The van der Waals surface area contributed by atoms with Crippen LogP contribution in [0.2, 0.25) is 0 Å². The molecule has 0 aliphatic carbocycles. The number of nitrogens with zero attached hydrogens (tertiary/aromatic N) is 1. The Labute approximate surface area is 166 Å². The van der Waals surface area contributed by atoms with Crippen molar-refractivity contribution in [3.05, 3.63) is 82.0 Å². The number of hydrogen-bond donors (Lipinski definition) is 2. The van der Waals surface area contributed by atoms with Crippen LogP contribution < -0.4 is 15.4 Å². The van der Waals surface area contributed by atoms with Crippen molar-refractivity contribution in [3.8, 4) is 11.8 Å². The quantitative estimate of drug-likeness (QED) is 0.644. The molecule has 0 aliphatic heterocycles. The first-order chi connectivity index (χ1) is 13.6. The topological polar surface area (TPSA) is 91.2 Å². The molecule has 2 aromatic carbocycles. The first-order valence-electron chi connectivity index (χ1n) is 8.46. The summed E-state index contributed by atoms with van der Waals surface area (Å²) < 4.78 is 5.73. The third-order valence-corrected chi connectivity index (χ3v) is 4.46. The number of carbonyl (C=O) groups excluding carboxylic acids is 2. The monoisotopic (exact) mass is 391 g/mol. The fraction of sp³-hybridized carbons (Fsp3) is 0.0952. The molecule has 6 nitrogen and oxygen atoms in total. The van der Waals surface area contributed by atoms with Gasteiger partial charge in [-0.05, 0) is 41.3 Å². The third-order valence-electron chi connectivity index (χ3n) is 3.77. The maximum Gasteiger partial charge on any atom is 0.252 e. The summed E-state index contributed by atoms with van der Waals surface area (Å²) in [6.07, 6.45) is 0. The van der Waals surface area contributed by atoms with Crippen molar-refractivity contribution in [2.45, 2.75) is 6.61 Å². The van der Waals surface area contributed by atoms with E-state index in [1.165, 1.54) is 11.3 Å². The number of ether oxygens (including phenoxy) is 1. The Hall–Kier alpha value is -3.63. The number of thiophene rings is 1. The molecule has 1 heterocycles. The van der Waals surface area contributed by atoms with E-state index in [4.69, 9.17) is 10.00 Å². The van der Waals surface area contributed by atoms with Crippen LogP contribution in [0.15, 0.2) is 65.4 Å². The summed E-state index contributed by atoms with van der Waals surface area (Å²) in [4.78, 5) is 23.9. The van der Waals surface area contributed by atoms with Crippen LogP contribution in [0.1, 0.15) is 21.5 Å². The molecule has 0 atom stereocenters. The maximum absolute atomic E-state index is 12.1. The Morgan fingerprint density at radius 2 is 1.96 bits per heavy atom. The molecule has 0 unspecified atom stereocenters. The van der Waals surface area contributed by atoms with Gasteiger partial charge < -0.3 is 15.4 Å². The Morgan fingerprint density at radius 3 is 2.75 bits per heavy atom. The number of nitrogens with one attached hydrogen (secondary N) is 2. The van der Waals surface area contributed by atoms with E-state index in [0.29, 0.717) is 29.2 Å². The number of anilines is 1. The van der Waals surface area contributed by atoms with Gasteiger partial charge in [-0.2, -0.15) is 16.6 Å². The van der Waals surface area contributed by atoms with Gasteiger partial charge in [-0.3, -0.25) is 9.59 Å². The smallest absolute Gasteiger partial charge is 0.252 e. The molecule has 0 radical (unpaired) electrons. The number of hydrogen-bond acceptors (Lipinski definition) is 5. The molecule has 2 amide bonds. The van der Waals surface area contributed by atoms with Gasteiger partial charge in [0, 0.05) is 22.7 Å². The van der Waals surface area contributed by atoms with Crippen molar-refractivity contribution in [1.82, 2.24) is 5.32 Å². The average molecular weight is 391 g/mol. The second-order valence-electron chi connectivity index (χ2n) is 5.87. The Kier molecular flexibility index (Phi) is 6.39. The minimum Gasteiger partial charge on any atom is -0.489 e. The van der Waals surface area contributed by atoms with Crippen molar-refractivity contribution in [2.24, 2.45) is 0 Å². The molecule has 1 aromatic heterocycles. The zero-order valence-corrected chi connectivity index (χ0v) is 15.7. The van der Waals surface area contributed by atoms with Gasteiger partial charge in [-0.1, -0.05) is 18.2 Å². The molecule has 3 aromatic rings. The summed E-state index contributed by atoms with van der Waals surface area (Å²) in [6.45, 7) is 0.185. The van der Waals surface area contributed by atoms with Gasteiger partial charge in [0.05, 0.1) is 18.2 Å². The summed E-state index contributed by atoms with van der Waals surface area (Å²) in [5.74, 6) is -0.0296. The van der Waals surface area contributed by atoms with Gasteiger partial charge in [0.25, 0.3) is 5.91 Å². The molecular weight excluding hydrogens is 374 g/mol. The van der Waals surface area contributed by atoms with Crippen LogP contribution in [0, 0.1) is 11.3 Å². The summed E-state index contributed by atoms with van der Waals surface area (Å²) >= 11 is 1.42. The van der Waals surface area contributed by atoms with E-state index < -0.39 is 0 Å². The first-order valence-corrected chi connectivity index (χ1v) is 9.40. The molecule has 28 heavy (non-hydrogen) atoms. The number of amides is 2. The highest BCUT2D eigenvalue weighted by Crippen LogP contribution is 2.19. The van der Waals surface area contributed by atoms with Gasteiger partial charge in [-0.25, -0.2) is 0 Å². The Balaban J connectivity index is 1.52. The number of rotatable bonds is 7. The minimum atomic E-state index is -0.331. The van der Waals surface area contributed by atoms with Gasteiger partial charge in [0.1, 0.15) is 12.4 Å². The molecular formula is C21H17N3O3S. The van der Waals surface area contributed by atoms with E-state index in [-0.39, 0.29) is 18.4 Å². The molecule has 0 fully saturated rings. The summed E-state index contributed by atoms with van der Waals surface area (Å²) in [5, 5.41) is 17.8. The standard InChI is InChI=1S/C21H17N3O3S/c22-11-15-3-1-4-16(9-15)13-27-19-6-2-5-18(10-19)24-20(25)12-23-21(26)17-7-8-28-14-17/h1-10,14H,12-13H2,(H,23,26)(H,24,25). The molecule has 140 valence electrons. The number of nitriles is 1. The van der Waals surface area contributed by atoms with Crippen LogP contribution in [-0.4, -0.2) is 18.4 Å². The van der Waals surface area contributed by atoms with Gasteiger partial charge in [0.15, 0.2) is 0 Å². The van der Waals surface area contributed by atoms with Crippen molar-refractivity contribution < 1.29 is 14.3 Å². The van der Waals surface area contributed by atoms with Crippen LogP contribution in [0.5, 0.6) is 5.75 Å². The lowest BCUT2D eigenvalue weighted by molar-refractivity contribution is -0.115. The lowest BCUT2D eigenvalue weighted by atomic mass is 10.1. The molecule has 7 heteroatoms. The van der Waals surface area contributed by atoms with Crippen LogP contribution in [0.4, 0.5) is 5.69 Å². The van der Waals surface area contributed by atoms with Crippen LogP contribution in [-0.2, 0) is 11.4 Å². The van der Waals surface area contributed by atoms with Gasteiger partial charge in [-0.15, -0.1) is 0 Å². The van der Waals surface area contributed by atoms with Crippen LogP contribution in [0.3, 0.4) is 0 Å². The van der Waals surface area contributed by atoms with Crippen molar-refractivity contribution in [3.63, 3.8) is 0 Å². The van der Waals surface area contributed by atoms with E-state index in [9.17, 15) is 9.59 Å². The molecule has 0 spiro atoms. The summed E-state index contributed by atoms with van der Waals surface area (Å²) in [6, 6.07) is 18.0. The molecule has 0 aliphatic rings. The van der Waals surface area contributed by atoms with Crippen molar-refractivity contribution in [2.75, 3.05) is 11.9 Å². The van der Waals surface area contributed by atoms with E-state index >= 15 is 0 Å². The second kappa shape index (κ2) is 9.35. The number of benzene rings is 2. The lowest BCUT2D eigenvalue weighted by Crippen LogP contribution is -2.32. The summed E-state index contributed by atoms with van der Waals surface area (Å²) in [7, 11) is 0. The van der Waals surface area contributed by atoms with E-state index in [2.05, 4.69) is 16.7 Å². The normalized spacial score (nSPS) is 9.96. The summed E-state index contributed by atoms with van der Waals surface area (Å²) in [5.41, 5.74) is 2.56. The van der Waals surface area contributed by atoms with Crippen molar-refractivity contribution >= 4 is 28.8 Å². The predicted molar refractivity (Wildman–Crippen MR) is 107 cm³/mol. The van der Waals surface area contributed by atoms with E-state index in [0.717, 1.165) is 5.56 Å². The third kappa shape index (κ3) is 5.43. The largest absolute Gasteiger partial charge is 0.489 e. The zero-order chi connectivity index (χ0) is 19.8. The first kappa shape index (κ1) is 19.1.